The molecule has 1 heterocycles. The first-order valence-electron chi connectivity index (χ1n) is 11.1. The summed E-state index contributed by atoms with van der Waals surface area (Å²) in [4.78, 5) is 14.1. The van der Waals surface area contributed by atoms with E-state index in [1.54, 1.807) is 6.21 Å². The molecule has 0 spiro atoms. The molecule has 1 aromatic heterocycles. The fraction of sp³-hybridized carbons (Fsp3) is 0.333. The molecule has 0 aliphatic heterocycles. The molecule has 0 fully saturated rings. The number of hydrazone groups is 1. The maximum absolute atomic E-state index is 12.2. The Morgan fingerprint density at radius 2 is 1.79 bits per heavy atom. The van der Waals surface area contributed by atoms with Crippen LogP contribution < -0.4 is 15.1 Å². The number of ether oxygens (including phenoxy) is 1. The van der Waals surface area contributed by atoms with Crippen LogP contribution in [0, 0.1) is 13.8 Å². The topological polar surface area (TPSA) is 58.9 Å². The van der Waals surface area contributed by atoms with Gasteiger partial charge in [0.1, 0.15) is 5.75 Å². The standard InChI is InChI=1S/C27H34N4O2/c1-19-15-21(20(2)31(19)23-13-11-22(12-14-23)27(3,4)5)17-28-29-26(32)18-33-25-10-8-9-24(16-25)30(6)7/h8-17H,18H2,1-7H3,(H,29,32)/b28-17+. The Balaban J connectivity index is 1.63. The van der Waals surface area contributed by atoms with Crippen LogP contribution in [0.5, 0.6) is 5.75 Å². The van der Waals surface area contributed by atoms with Crippen molar-refractivity contribution in [3.8, 4) is 11.4 Å². The van der Waals surface area contributed by atoms with Crippen molar-refractivity contribution in [2.75, 3.05) is 25.6 Å². The van der Waals surface area contributed by atoms with E-state index in [1.807, 2.05) is 43.3 Å². The van der Waals surface area contributed by atoms with E-state index in [-0.39, 0.29) is 17.9 Å². The van der Waals surface area contributed by atoms with Crippen LogP contribution in [0.15, 0.2) is 59.7 Å². The van der Waals surface area contributed by atoms with Gasteiger partial charge in [0.25, 0.3) is 5.91 Å². The molecule has 0 bridgehead atoms. The van der Waals surface area contributed by atoms with Gasteiger partial charge in [-0.05, 0) is 55.2 Å². The van der Waals surface area contributed by atoms with Crippen molar-refractivity contribution in [2.24, 2.45) is 5.10 Å². The molecule has 0 unspecified atom stereocenters. The van der Waals surface area contributed by atoms with Gasteiger partial charge in [-0.1, -0.05) is 39.0 Å². The van der Waals surface area contributed by atoms with Gasteiger partial charge in [-0.3, -0.25) is 4.79 Å². The summed E-state index contributed by atoms with van der Waals surface area (Å²) < 4.78 is 7.77. The number of anilines is 1. The monoisotopic (exact) mass is 446 g/mol. The number of carbonyl (C=O) groups is 1. The number of hydrogen-bond donors (Lipinski definition) is 1. The van der Waals surface area contributed by atoms with Gasteiger partial charge in [0, 0.05) is 48.5 Å². The van der Waals surface area contributed by atoms with Gasteiger partial charge in [0.15, 0.2) is 6.61 Å². The number of amides is 1. The average Bonchev–Trinajstić information content (AvgIpc) is 3.05. The Morgan fingerprint density at radius 3 is 2.42 bits per heavy atom. The molecule has 0 aliphatic carbocycles. The zero-order valence-electron chi connectivity index (χ0n) is 20.6. The first-order valence-corrected chi connectivity index (χ1v) is 11.1. The predicted octanol–water partition coefficient (Wildman–Crippen LogP) is 4.99. The largest absolute Gasteiger partial charge is 0.484 e. The summed E-state index contributed by atoms with van der Waals surface area (Å²) in [5.74, 6) is 0.328. The molecular formula is C27H34N4O2. The highest BCUT2D eigenvalue weighted by Gasteiger charge is 2.14. The number of hydrogen-bond acceptors (Lipinski definition) is 4. The normalized spacial score (nSPS) is 11.6. The molecule has 1 N–H and O–H groups in total. The second kappa shape index (κ2) is 9.94. The summed E-state index contributed by atoms with van der Waals surface area (Å²) in [6.07, 6.45) is 1.67. The quantitative estimate of drug-likeness (QED) is 0.411. The number of nitrogens with zero attached hydrogens (tertiary/aromatic N) is 3. The van der Waals surface area contributed by atoms with Crippen LogP contribution in [-0.2, 0) is 10.2 Å². The van der Waals surface area contributed by atoms with E-state index < -0.39 is 0 Å². The maximum atomic E-state index is 12.2. The molecule has 0 atom stereocenters. The number of aryl methyl sites for hydroxylation is 1. The van der Waals surface area contributed by atoms with Crippen LogP contribution in [-0.4, -0.2) is 37.4 Å². The number of rotatable bonds is 7. The molecule has 0 radical (unpaired) electrons. The lowest BCUT2D eigenvalue weighted by Gasteiger charge is -2.20. The second-order valence-corrected chi connectivity index (χ2v) is 9.43. The van der Waals surface area contributed by atoms with Gasteiger partial charge in [-0.15, -0.1) is 0 Å². The highest BCUT2D eigenvalue weighted by atomic mass is 16.5. The first-order chi connectivity index (χ1) is 15.6. The fourth-order valence-electron chi connectivity index (χ4n) is 3.63. The van der Waals surface area contributed by atoms with Crippen LogP contribution >= 0.6 is 0 Å². The molecule has 0 saturated carbocycles. The van der Waals surface area contributed by atoms with Gasteiger partial charge in [-0.25, -0.2) is 5.43 Å². The summed E-state index contributed by atoms with van der Waals surface area (Å²) in [7, 11) is 3.91. The summed E-state index contributed by atoms with van der Waals surface area (Å²) >= 11 is 0. The lowest BCUT2D eigenvalue weighted by atomic mass is 9.87. The lowest BCUT2D eigenvalue weighted by Crippen LogP contribution is -2.24. The smallest absolute Gasteiger partial charge is 0.277 e. The lowest BCUT2D eigenvalue weighted by molar-refractivity contribution is -0.123. The first kappa shape index (κ1) is 24.1. The number of nitrogens with one attached hydrogen (secondary N) is 1. The minimum absolute atomic E-state index is 0.104. The van der Waals surface area contributed by atoms with Crippen molar-refractivity contribution in [1.82, 2.24) is 9.99 Å². The summed E-state index contributed by atoms with van der Waals surface area (Å²) in [5, 5.41) is 4.13. The Kier molecular flexibility index (Phi) is 7.26. The van der Waals surface area contributed by atoms with Crippen molar-refractivity contribution in [3.05, 3.63) is 77.1 Å². The molecule has 2 aromatic carbocycles. The van der Waals surface area contributed by atoms with E-state index in [2.05, 4.69) is 80.0 Å². The van der Waals surface area contributed by atoms with Gasteiger partial charge in [0.2, 0.25) is 0 Å². The molecular weight excluding hydrogens is 412 g/mol. The zero-order chi connectivity index (χ0) is 24.2. The third kappa shape index (κ3) is 6.04. The van der Waals surface area contributed by atoms with Crippen molar-refractivity contribution in [2.45, 2.75) is 40.0 Å². The average molecular weight is 447 g/mol. The summed E-state index contributed by atoms with van der Waals surface area (Å²) in [5.41, 5.74) is 9.20. The van der Waals surface area contributed by atoms with Gasteiger partial charge in [-0.2, -0.15) is 5.10 Å². The molecule has 1 amide bonds. The van der Waals surface area contributed by atoms with Crippen LogP contribution in [0.25, 0.3) is 5.69 Å². The molecule has 0 saturated heterocycles. The molecule has 174 valence electrons. The Labute approximate surface area is 196 Å². The number of carbonyl (C=O) groups excluding carboxylic acids is 1. The van der Waals surface area contributed by atoms with Crippen molar-refractivity contribution in [1.29, 1.82) is 0 Å². The van der Waals surface area contributed by atoms with Gasteiger partial charge in [0.05, 0.1) is 6.21 Å². The molecule has 6 heteroatoms. The van der Waals surface area contributed by atoms with E-state index in [4.69, 9.17) is 4.74 Å². The predicted molar refractivity (Wildman–Crippen MR) is 136 cm³/mol. The van der Waals surface area contributed by atoms with Crippen LogP contribution in [0.4, 0.5) is 5.69 Å². The highest BCUT2D eigenvalue weighted by Crippen LogP contribution is 2.25. The number of aromatic nitrogens is 1. The van der Waals surface area contributed by atoms with E-state index in [0.717, 1.165) is 28.3 Å². The zero-order valence-corrected chi connectivity index (χ0v) is 20.6. The van der Waals surface area contributed by atoms with E-state index in [9.17, 15) is 4.79 Å². The SMILES string of the molecule is Cc1cc(/C=N/NC(=O)COc2cccc(N(C)C)c2)c(C)n1-c1ccc(C(C)(C)C)cc1. The molecule has 33 heavy (non-hydrogen) atoms. The van der Waals surface area contributed by atoms with Crippen molar-refractivity contribution < 1.29 is 9.53 Å². The fourth-order valence-corrected chi connectivity index (χ4v) is 3.63. The van der Waals surface area contributed by atoms with Gasteiger partial charge >= 0.3 is 0 Å². The Bertz CT molecular complexity index is 1140. The maximum Gasteiger partial charge on any atom is 0.277 e. The molecule has 6 nitrogen and oxygen atoms in total. The Hall–Kier alpha value is -3.54. The number of benzene rings is 2. The third-order valence-electron chi connectivity index (χ3n) is 5.56. The van der Waals surface area contributed by atoms with Crippen LogP contribution in [0.1, 0.15) is 43.3 Å². The Morgan fingerprint density at radius 1 is 1.09 bits per heavy atom. The summed E-state index contributed by atoms with van der Waals surface area (Å²) in [6, 6.07) is 18.3. The van der Waals surface area contributed by atoms with E-state index >= 15 is 0 Å². The van der Waals surface area contributed by atoms with Crippen molar-refractivity contribution >= 4 is 17.8 Å². The molecule has 3 rings (SSSR count). The van der Waals surface area contributed by atoms with Crippen LogP contribution in [0.3, 0.4) is 0 Å². The van der Waals surface area contributed by atoms with Gasteiger partial charge < -0.3 is 14.2 Å². The third-order valence-corrected chi connectivity index (χ3v) is 5.56. The minimum atomic E-state index is -0.312. The minimum Gasteiger partial charge on any atom is -0.484 e. The molecule has 3 aromatic rings. The van der Waals surface area contributed by atoms with Crippen molar-refractivity contribution in [3.63, 3.8) is 0 Å². The highest BCUT2D eigenvalue weighted by molar-refractivity contribution is 5.84. The summed E-state index contributed by atoms with van der Waals surface area (Å²) in [6.45, 7) is 10.6. The van der Waals surface area contributed by atoms with E-state index in [1.165, 1.54) is 5.56 Å². The molecule has 0 aliphatic rings. The van der Waals surface area contributed by atoms with E-state index in [0.29, 0.717) is 5.75 Å². The van der Waals surface area contributed by atoms with Crippen LogP contribution in [0.2, 0.25) is 0 Å². The second-order valence-electron chi connectivity index (χ2n) is 9.43.